The molecule has 2 aromatic rings. The van der Waals surface area contributed by atoms with Crippen LogP contribution in [0.25, 0.3) is 11.1 Å². The summed E-state index contributed by atoms with van der Waals surface area (Å²) in [6.45, 7) is 2.37. The normalized spacial score (nSPS) is 19.9. The average molecular weight is 300 g/mol. The molecule has 0 saturated carbocycles. The van der Waals surface area contributed by atoms with Crippen molar-refractivity contribution in [3.8, 4) is 11.1 Å². The summed E-state index contributed by atoms with van der Waals surface area (Å²) in [7, 11) is 1.96. The molecule has 1 aromatic carbocycles. The molecule has 6 nitrogen and oxygen atoms in total. The molecule has 0 aliphatic carbocycles. The number of nitrogens with one attached hydrogen (secondary N) is 1. The molecular formula is C16H20N4O2. The highest BCUT2D eigenvalue weighted by Gasteiger charge is 2.23. The zero-order valence-corrected chi connectivity index (χ0v) is 12.6. The molecular weight excluding hydrogens is 280 g/mol. The zero-order chi connectivity index (χ0) is 15.5. The molecule has 1 aliphatic rings. The van der Waals surface area contributed by atoms with E-state index in [1.807, 2.05) is 36.2 Å². The van der Waals surface area contributed by atoms with Crippen molar-refractivity contribution in [1.82, 2.24) is 20.0 Å². The number of aliphatic hydroxyl groups is 1. The van der Waals surface area contributed by atoms with Gasteiger partial charge in [0.25, 0.3) is 5.91 Å². The number of amides is 1. The minimum atomic E-state index is -0.506. The lowest BCUT2D eigenvalue weighted by Gasteiger charge is -2.22. The highest BCUT2D eigenvalue weighted by Crippen LogP contribution is 2.20. The number of carbonyl (C=O) groups is 1. The number of H-pyrrole nitrogens is 1. The van der Waals surface area contributed by atoms with Gasteiger partial charge in [-0.05, 0) is 24.7 Å². The highest BCUT2D eigenvalue weighted by atomic mass is 16.3. The van der Waals surface area contributed by atoms with Crippen molar-refractivity contribution in [3.05, 3.63) is 42.2 Å². The van der Waals surface area contributed by atoms with Gasteiger partial charge >= 0.3 is 0 Å². The van der Waals surface area contributed by atoms with Crippen LogP contribution in [-0.4, -0.2) is 70.3 Å². The quantitative estimate of drug-likeness (QED) is 0.861. The minimum Gasteiger partial charge on any atom is -0.390 e. The SMILES string of the molecule is CN1CCN(C(=O)c2cccc(-c3cn[nH]c3)c2)C[C@H](O)C1. The van der Waals surface area contributed by atoms with Gasteiger partial charge < -0.3 is 14.9 Å². The smallest absolute Gasteiger partial charge is 0.254 e. The molecule has 0 unspecified atom stereocenters. The summed E-state index contributed by atoms with van der Waals surface area (Å²) in [5.74, 6) is -0.0419. The predicted molar refractivity (Wildman–Crippen MR) is 83.4 cm³/mol. The number of aromatic nitrogens is 2. The molecule has 1 aliphatic heterocycles. The Hall–Kier alpha value is -2.18. The number of aliphatic hydroxyl groups excluding tert-OH is 1. The van der Waals surface area contributed by atoms with Gasteiger partial charge in [-0.25, -0.2) is 0 Å². The van der Waals surface area contributed by atoms with Crippen LogP contribution in [0.5, 0.6) is 0 Å². The first-order valence-electron chi connectivity index (χ1n) is 7.38. The van der Waals surface area contributed by atoms with Gasteiger partial charge in [0.1, 0.15) is 0 Å². The third-order valence-electron chi connectivity index (χ3n) is 3.93. The van der Waals surface area contributed by atoms with E-state index in [1.165, 1.54) is 0 Å². The summed E-state index contributed by atoms with van der Waals surface area (Å²) in [6.07, 6.45) is 3.02. The lowest BCUT2D eigenvalue weighted by molar-refractivity contribution is 0.0667. The zero-order valence-electron chi connectivity index (χ0n) is 12.6. The summed E-state index contributed by atoms with van der Waals surface area (Å²) >= 11 is 0. The predicted octanol–water partition coefficient (Wildman–Crippen LogP) is 0.825. The Balaban J connectivity index is 1.81. The number of hydrogen-bond donors (Lipinski definition) is 2. The molecule has 2 heterocycles. The van der Waals surface area contributed by atoms with Gasteiger partial charge in [-0.3, -0.25) is 9.89 Å². The lowest BCUT2D eigenvalue weighted by atomic mass is 10.1. The molecule has 22 heavy (non-hydrogen) atoms. The highest BCUT2D eigenvalue weighted by molar-refractivity contribution is 5.95. The largest absolute Gasteiger partial charge is 0.390 e. The van der Waals surface area contributed by atoms with Crippen molar-refractivity contribution in [1.29, 1.82) is 0 Å². The Kier molecular flexibility index (Phi) is 4.22. The number of rotatable bonds is 2. The lowest BCUT2D eigenvalue weighted by Crippen LogP contribution is -2.37. The summed E-state index contributed by atoms with van der Waals surface area (Å²) in [4.78, 5) is 16.5. The monoisotopic (exact) mass is 300 g/mol. The fourth-order valence-electron chi connectivity index (χ4n) is 2.75. The molecule has 1 atom stereocenters. The number of nitrogens with zero attached hydrogens (tertiary/aromatic N) is 3. The van der Waals surface area contributed by atoms with Crippen LogP contribution in [0.3, 0.4) is 0 Å². The second kappa shape index (κ2) is 6.29. The number of carbonyl (C=O) groups excluding carboxylic acids is 1. The summed E-state index contributed by atoms with van der Waals surface area (Å²) in [6, 6.07) is 7.50. The third kappa shape index (κ3) is 3.18. The van der Waals surface area contributed by atoms with Crippen LogP contribution in [-0.2, 0) is 0 Å². The topological polar surface area (TPSA) is 72.5 Å². The van der Waals surface area contributed by atoms with E-state index in [-0.39, 0.29) is 5.91 Å². The molecule has 1 amide bonds. The Morgan fingerprint density at radius 2 is 2.18 bits per heavy atom. The maximum absolute atomic E-state index is 12.7. The molecule has 0 bridgehead atoms. The van der Waals surface area contributed by atoms with Crippen LogP contribution < -0.4 is 0 Å². The summed E-state index contributed by atoms with van der Waals surface area (Å²) in [5.41, 5.74) is 2.54. The van der Waals surface area contributed by atoms with E-state index in [2.05, 4.69) is 10.2 Å². The standard InChI is InChI=1S/C16H20N4O2/c1-19-5-6-20(11-15(21)10-19)16(22)13-4-2-3-12(7-13)14-8-17-18-9-14/h2-4,7-9,15,21H,5-6,10-11H2,1H3,(H,17,18)/t15-/m1/s1. The third-order valence-corrected chi connectivity index (χ3v) is 3.93. The summed E-state index contributed by atoms with van der Waals surface area (Å²) in [5, 5.41) is 16.7. The number of β-amino-alcohol motifs (C(OH)–C–C–N with tert-alkyl or cyclic N) is 1. The molecule has 1 aromatic heterocycles. The minimum absolute atomic E-state index is 0.0419. The maximum Gasteiger partial charge on any atom is 0.254 e. The summed E-state index contributed by atoms with van der Waals surface area (Å²) < 4.78 is 0. The average Bonchev–Trinajstić information content (AvgIpc) is 2.99. The molecule has 0 spiro atoms. The fourth-order valence-corrected chi connectivity index (χ4v) is 2.75. The van der Waals surface area contributed by atoms with Crippen molar-refractivity contribution in [3.63, 3.8) is 0 Å². The van der Waals surface area contributed by atoms with Gasteiger partial charge in [-0.15, -0.1) is 0 Å². The second-order valence-electron chi connectivity index (χ2n) is 5.74. The molecule has 0 radical (unpaired) electrons. The van der Waals surface area contributed by atoms with E-state index >= 15 is 0 Å². The Labute approximate surface area is 129 Å². The Morgan fingerprint density at radius 3 is 2.95 bits per heavy atom. The van der Waals surface area contributed by atoms with E-state index < -0.39 is 6.10 Å². The van der Waals surface area contributed by atoms with Crippen LogP contribution in [0, 0.1) is 0 Å². The van der Waals surface area contributed by atoms with Gasteiger partial charge in [-0.1, -0.05) is 12.1 Å². The van der Waals surface area contributed by atoms with Crippen molar-refractivity contribution >= 4 is 5.91 Å². The molecule has 1 saturated heterocycles. The number of likely N-dealkylation sites (N-methyl/N-ethyl adjacent to an activating group) is 1. The molecule has 2 N–H and O–H groups in total. The van der Waals surface area contributed by atoms with Crippen LogP contribution in [0.15, 0.2) is 36.7 Å². The number of benzene rings is 1. The van der Waals surface area contributed by atoms with E-state index in [9.17, 15) is 9.90 Å². The van der Waals surface area contributed by atoms with Crippen molar-refractivity contribution in [2.45, 2.75) is 6.10 Å². The van der Waals surface area contributed by atoms with Crippen LogP contribution >= 0.6 is 0 Å². The molecule has 116 valence electrons. The van der Waals surface area contributed by atoms with Gasteiger partial charge in [0, 0.05) is 43.5 Å². The molecule has 3 rings (SSSR count). The Morgan fingerprint density at radius 1 is 1.32 bits per heavy atom. The van der Waals surface area contributed by atoms with Crippen LogP contribution in [0.4, 0.5) is 0 Å². The second-order valence-corrected chi connectivity index (χ2v) is 5.74. The molecule has 6 heteroatoms. The van der Waals surface area contributed by atoms with E-state index in [0.717, 1.165) is 17.7 Å². The van der Waals surface area contributed by atoms with Crippen LogP contribution in [0.2, 0.25) is 0 Å². The fraction of sp³-hybridized carbons (Fsp3) is 0.375. The van der Waals surface area contributed by atoms with Crippen molar-refractivity contribution < 1.29 is 9.90 Å². The number of hydrogen-bond acceptors (Lipinski definition) is 4. The first-order chi connectivity index (χ1) is 10.6. The van der Waals surface area contributed by atoms with Crippen molar-refractivity contribution in [2.24, 2.45) is 0 Å². The van der Waals surface area contributed by atoms with Gasteiger partial charge in [0.05, 0.1) is 12.3 Å². The van der Waals surface area contributed by atoms with Gasteiger partial charge in [0.2, 0.25) is 0 Å². The van der Waals surface area contributed by atoms with E-state index in [1.54, 1.807) is 17.3 Å². The first-order valence-corrected chi connectivity index (χ1v) is 7.38. The first kappa shape index (κ1) is 14.7. The van der Waals surface area contributed by atoms with Crippen molar-refractivity contribution in [2.75, 3.05) is 33.2 Å². The van der Waals surface area contributed by atoms with Crippen LogP contribution in [0.1, 0.15) is 10.4 Å². The van der Waals surface area contributed by atoms with E-state index in [4.69, 9.17) is 0 Å². The maximum atomic E-state index is 12.7. The van der Waals surface area contributed by atoms with E-state index in [0.29, 0.717) is 25.2 Å². The Bertz CT molecular complexity index is 641. The van der Waals surface area contributed by atoms with Gasteiger partial charge in [-0.2, -0.15) is 5.10 Å². The number of aromatic amines is 1. The molecule has 1 fully saturated rings. The van der Waals surface area contributed by atoms with Gasteiger partial charge in [0.15, 0.2) is 0 Å².